The highest BCUT2D eigenvalue weighted by Gasteiger charge is 2.03. The van der Waals surface area contributed by atoms with E-state index in [1.54, 1.807) is 0 Å². The Hall–Kier alpha value is -1.05. The molecule has 1 atom stereocenters. The number of hydrogen-bond donors (Lipinski definition) is 1. The van der Waals surface area contributed by atoms with Crippen LogP contribution in [0.4, 0.5) is 0 Å². The quantitative estimate of drug-likeness (QED) is 0.824. The summed E-state index contributed by atoms with van der Waals surface area (Å²) in [5.74, 6) is 0. The predicted octanol–water partition coefficient (Wildman–Crippen LogP) is 3.38. The molecule has 0 bridgehead atoms. The van der Waals surface area contributed by atoms with Crippen molar-refractivity contribution in [2.75, 3.05) is 0 Å². The zero-order valence-corrected chi connectivity index (χ0v) is 9.46. The summed E-state index contributed by atoms with van der Waals surface area (Å²) >= 11 is 6.00. The fraction of sp³-hybridized carbons (Fsp3) is 0.231. The molecule has 0 radical (unpaired) electrons. The van der Waals surface area contributed by atoms with E-state index in [1.165, 1.54) is 16.3 Å². The lowest BCUT2D eigenvalue weighted by atomic mass is 10.00. The highest BCUT2D eigenvalue weighted by atomic mass is 35.5. The summed E-state index contributed by atoms with van der Waals surface area (Å²) in [4.78, 5) is 0. The average molecular weight is 220 g/mol. The van der Waals surface area contributed by atoms with Crippen LogP contribution in [-0.4, -0.2) is 6.04 Å². The number of nitrogens with two attached hydrogens (primary N) is 1. The molecule has 0 amide bonds. The molecule has 0 aliphatic rings. The first-order valence-corrected chi connectivity index (χ1v) is 5.47. The van der Waals surface area contributed by atoms with Gasteiger partial charge in [-0.1, -0.05) is 35.9 Å². The van der Waals surface area contributed by atoms with Crippen LogP contribution >= 0.6 is 11.6 Å². The van der Waals surface area contributed by atoms with E-state index in [9.17, 15) is 0 Å². The van der Waals surface area contributed by atoms with E-state index in [0.717, 1.165) is 11.4 Å². The summed E-state index contributed by atoms with van der Waals surface area (Å²) < 4.78 is 0. The van der Waals surface area contributed by atoms with E-state index in [1.807, 2.05) is 25.1 Å². The van der Waals surface area contributed by atoms with Crippen LogP contribution in [0.2, 0.25) is 5.02 Å². The van der Waals surface area contributed by atoms with Crippen molar-refractivity contribution >= 4 is 22.4 Å². The number of benzene rings is 2. The molecule has 2 heteroatoms. The zero-order valence-electron chi connectivity index (χ0n) is 8.70. The highest BCUT2D eigenvalue weighted by molar-refractivity contribution is 6.31. The maximum atomic E-state index is 6.00. The Balaban J connectivity index is 2.58. The molecule has 2 aromatic rings. The molecule has 0 aromatic heterocycles. The first kappa shape index (κ1) is 10.5. The monoisotopic (exact) mass is 219 g/mol. The molecule has 2 N–H and O–H groups in total. The van der Waals surface area contributed by atoms with Crippen LogP contribution in [0.3, 0.4) is 0 Å². The summed E-state index contributed by atoms with van der Waals surface area (Å²) in [5, 5.41) is 3.21. The smallest absolute Gasteiger partial charge is 0.0412 e. The Morgan fingerprint density at radius 1 is 1.27 bits per heavy atom. The lowest BCUT2D eigenvalue weighted by Gasteiger charge is -2.09. The van der Waals surface area contributed by atoms with E-state index in [2.05, 4.69) is 18.2 Å². The van der Waals surface area contributed by atoms with Gasteiger partial charge in [0.15, 0.2) is 0 Å². The number of halogens is 1. The molecule has 0 aliphatic heterocycles. The molecule has 1 unspecified atom stereocenters. The van der Waals surface area contributed by atoms with Gasteiger partial charge in [-0.3, -0.25) is 0 Å². The Kier molecular flexibility index (Phi) is 2.94. The van der Waals surface area contributed by atoms with Gasteiger partial charge < -0.3 is 5.73 Å². The van der Waals surface area contributed by atoms with Crippen molar-refractivity contribution in [3.8, 4) is 0 Å². The SMILES string of the molecule is CC(N)Cc1cccc2ccc(Cl)cc12. The van der Waals surface area contributed by atoms with Gasteiger partial charge in [0.25, 0.3) is 0 Å². The van der Waals surface area contributed by atoms with Gasteiger partial charge in [0.2, 0.25) is 0 Å². The molecule has 78 valence electrons. The van der Waals surface area contributed by atoms with Gasteiger partial charge in [0.1, 0.15) is 0 Å². The average Bonchev–Trinajstić information content (AvgIpc) is 2.18. The summed E-state index contributed by atoms with van der Waals surface area (Å²) in [7, 11) is 0. The Bertz CT molecular complexity index is 477. The largest absolute Gasteiger partial charge is 0.328 e. The molecule has 0 spiro atoms. The molecule has 0 saturated carbocycles. The molecule has 0 saturated heterocycles. The molecule has 2 rings (SSSR count). The van der Waals surface area contributed by atoms with E-state index in [-0.39, 0.29) is 6.04 Å². The van der Waals surface area contributed by atoms with Gasteiger partial charge in [0, 0.05) is 11.1 Å². The first-order chi connectivity index (χ1) is 7.16. The molecule has 0 fully saturated rings. The summed E-state index contributed by atoms with van der Waals surface area (Å²) in [6.07, 6.45) is 0.887. The van der Waals surface area contributed by atoms with Crippen molar-refractivity contribution in [3.63, 3.8) is 0 Å². The minimum Gasteiger partial charge on any atom is -0.328 e. The van der Waals surface area contributed by atoms with Gasteiger partial charge in [0.05, 0.1) is 0 Å². The Morgan fingerprint density at radius 3 is 2.80 bits per heavy atom. The number of rotatable bonds is 2. The van der Waals surface area contributed by atoms with Crippen LogP contribution < -0.4 is 5.73 Å². The third-order valence-electron chi connectivity index (χ3n) is 2.48. The van der Waals surface area contributed by atoms with Crippen LogP contribution in [0.5, 0.6) is 0 Å². The van der Waals surface area contributed by atoms with Crippen LogP contribution in [0.25, 0.3) is 10.8 Å². The van der Waals surface area contributed by atoms with Crippen molar-refractivity contribution in [2.24, 2.45) is 5.73 Å². The van der Waals surface area contributed by atoms with Crippen LogP contribution in [0, 0.1) is 0 Å². The van der Waals surface area contributed by atoms with Crippen molar-refractivity contribution in [1.29, 1.82) is 0 Å². The molecular weight excluding hydrogens is 206 g/mol. The minimum atomic E-state index is 0.176. The maximum Gasteiger partial charge on any atom is 0.0412 e. The lowest BCUT2D eigenvalue weighted by molar-refractivity contribution is 0.742. The number of fused-ring (bicyclic) bond motifs is 1. The molecule has 0 aliphatic carbocycles. The van der Waals surface area contributed by atoms with Crippen LogP contribution in [-0.2, 0) is 6.42 Å². The minimum absolute atomic E-state index is 0.176. The van der Waals surface area contributed by atoms with E-state index in [0.29, 0.717) is 0 Å². The number of hydrogen-bond acceptors (Lipinski definition) is 1. The van der Waals surface area contributed by atoms with Crippen molar-refractivity contribution < 1.29 is 0 Å². The van der Waals surface area contributed by atoms with Crippen LogP contribution in [0.1, 0.15) is 12.5 Å². The maximum absolute atomic E-state index is 6.00. The lowest BCUT2D eigenvalue weighted by Crippen LogP contribution is -2.17. The predicted molar refractivity (Wildman–Crippen MR) is 66.3 cm³/mol. The standard InChI is InChI=1S/C13H14ClN/c1-9(15)7-11-4-2-3-10-5-6-12(14)8-13(10)11/h2-6,8-9H,7,15H2,1H3. The topological polar surface area (TPSA) is 26.0 Å². The molecule has 15 heavy (non-hydrogen) atoms. The van der Waals surface area contributed by atoms with Crippen molar-refractivity contribution in [1.82, 2.24) is 0 Å². The highest BCUT2D eigenvalue weighted by Crippen LogP contribution is 2.23. The van der Waals surface area contributed by atoms with Crippen molar-refractivity contribution in [2.45, 2.75) is 19.4 Å². The second-order valence-corrected chi connectivity index (χ2v) is 4.40. The van der Waals surface area contributed by atoms with E-state index < -0.39 is 0 Å². The van der Waals surface area contributed by atoms with Gasteiger partial charge in [-0.05, 0) is 41.8 Å². The third kappa shape index (κ3) is 2.31. The fourth-order valence-corrected chi connectivity index (χ4v) is 2.01. The Labute approximate surface area is 94.9 Å². The summed E-state index contributed by atoms with van der Waals surface area (Å²) in [5.41, 5.74) is 7.09. The first-order valence-electron chi connectivity index (χ1n) is 5.09. The fourth-order valence-electron chi connectivity index (χ4n) is 1.83. The normalized spacial score (nSPS) is 13.0. The van der Waals surface area contributed by atoms with Crippen molar-refractivity contribution in [3.05, 3.63) is 47.0 Å². The second-order valence-electron chi connectivity index (χ2n) is 3.96. The Morgan fingerprint density at radius 2 is 2.07 bits per heavy atom. The summed E-state index contributed by atoms with van der Waals surface area (Å²) in [6, 6.07) is 12.4. The van der Waals surface area contributed by atoms with Gasteiger partial charge in [-0.25, -0.2) is 0 Å². The van der Waals surface area contributed by atoms with E-state index >= 15 is 0 Å². The van der Waals surface area contributed by atoms with Gasteiger partial charge >= 0.3 is 0 Å². The van der Waals surface area contributed by atoms with E-state index in [4.69, 9.17) is 17.3 Å². The summed E-state index contributed by atoms with van der Waals surface area (Å²) in [6.45, 7) is 2.02. The molecular formula is C13H14ClN. The second kappa shape index (κ2) is 4.21. The molecule has 2 aromatic carbocycles. The van der Waals surface area contributed by atoms with Gasteiger partial charge in [-0.15, -0.1) is 0 Å². The third-order valence-corrected chi connectivity index (χ3v) is 2.71. The van der Waals surface area contributed by atoms with Gasteiger partial charge in [-0.2, -0.15) is 0 Å². The zero-order chi connectivity index (χ0) is 10.8. The molecule has 0 heterocycles. The molecule has 1 nitrogen and oxygen atoms in total. The van der Waals surface area contributed by atoms with Crippen LogP contribution in [0.15, 0.2) is 36.4 Å².